The van der Waals surface area contributed by atoms with Crippen LogP contribution in [0.5, 0.6) is 0 Å². The van der Waals surface area contributed by atoms with E-state index in [1.54, 1.807) is 29.8 Å². The maximum Gasteiger partial charge on any atom is 0.338 e. The molecule has 140 valence electrons. The van der Waals surface area contributed by atoms with E-state index in [-0.39, 0.29) is 5.97 Å². The number of carbonyl (C=O) groups is 1. The van der Waals surface area contributed by atoms with Gasteiger partial charge in [0.25, 0.3) is 0 Å². The molecule has 4 rings (SSSR count). The number of hydrogen-bond donors (Lipinski definition) is 1. The Morgan fingerprint density at radius 1 is 1.19 bits per heavy atom. The standard InChI is InChI=1S/C21H23N3O2S/c1-2-3-12-26-21(25)14-8-10-15(11-9-14)24-19-18-16-6-4-5-7-17(16)27-20(18)23-13-22-19/h8-11,13H,2-7,12H2,1H3,(H,22,23,24). The molecule has 2 aromatic heterocycles. The number of esters is 1. The fraction of sp³-hybridized carbons (Fsp3) is 0.381. The summed E-state index contributed by atoms with van der Waals surface area (Å²) in [4.78, 5) is 23.5. The van der Waals surface area contributed by atoms with Crippen LogP contribution in [0.15, 0.2) is 30.6 Å². The fourth-order valence-electron chi connectivity index (χ4n) is 3.40. The molecule has 1 N–H and O–H groups in total. The summed E-state index contributed by atoms with van der Waals surface area (Å²) in [5, 5.41) is 4.56. The summed E-state index contributed by atoms with van der Waals surface area (Å²) in [5.74, 6) is 0.573. The molecule has 0 unspecified atom stereocenters. The molecule has 0 bridgehead atoms. The minimum atomic E-state index is -0.272. The predicted molar refractivity (Wildman–Crippen MR) is 109 cm³/mol. The Labute approximate surface area is 162 Å². The van der Waals surface area contributed by atoms with Crippen molar-refractivity contribution < 1.29 is 9.53 Å². The molecule has 5 nitrogen and oxygen atoms in total. The summed E-state index contributed by atoms with van der Waals surface area (Å²) < 4.78 is 5.26. The zero-order valence-electron chi connectivity index (χ0n) is 15.5. The highest BCUT2D eigenvalue weighted by atomic mass is 32.1. The van der Waals surface area contributed by atoms with Gasteiger partial charge in [0, 0.05) is 10.6 Å². The third-order valence-electron chi connectivity index (χ3n) is 4.87. The van der Waals surface area contributed by atoms with Crippen LogP contribution in [0.1, 0.15) is 53.4 Å². The Hall–Kier alpha value is -2.47. The van der Waals surface area contributed by atoms with E-state index in [2.05, 4.69) is 22.2 Å². The Morgan fingerprint density at radius 3 is 2.81 bits per heavy atom. The number of thiophene rings is 1. The number of unbranched alkanes of at least 4 members (excludes halogenated alkanes) is 1. The van der Waals surface area contributed by atoms with Crippen molar-refractivity contribution >= 4 is 39.0 Å². The first-order valence-electron chi connectivity index (χ1n) is 9.55. The first-order valence-corrected chi connectivity index (χ1v) is 10.4. The molecule has 6 heteroatoms. The lowest BCUT2D eigenvalue weighted by Crippen LogP contribution is -2.06. The second-order valence-electron chi connectivity index (χ2n) is 6.81. The van der Waals surface area contributed by atoms with Gasteiger partial charge in [0.2, 0.25) is 0 Å². The van der Waals surface area contributed by atoms with Crippen molar-refractivity contribution in [3.05, 3.63) is 46.6 Å². The fourth-order valence-corrected chi connectivity index (χ4v) is 4.63. The molecule has 0 fully saturated rings. The van der Waals surface area contributed by atoms with Crippen LogP contribution in [0.3, 0.4) is 0 Å². The van der Waals surface area contributed by atoms with Crippen LogP contribution in [0, 0.1) is 0 Å². The molecule has 0 saturated carbocycles. The Morgan fingerprint density at radius 2 is 2.00 bits per heavy atom. The maximum atomic E-state index is 12.0. The number of nitrogens with one attached hydrogen (secondary N) is 1. The van der Waals surface area contributed by atoms with E-state index in [0.29, 0.717) is 12.2 Å². The van der Waals surface area contributed by atoms with Crippen LogP contribution in [-0.2, 0) is 17.6 Å². The molecule has 0 atom stereocenters. The second-order valence-corrected chi connectivity index (χ2v) is 7.89. The molecular weight excluding hydrogens is 358 g/mol. The molecule has 27 heavy (non-hydrogen) atoms. The number of carbonyl (C=O) groups excluding carboxylic acids is 1. The van der Waals surface area contributed by atoms with Gasteiger partial charge in [0.1, 0.15) is 17.0 Å². The van der Waals surface area contributed by atoms with Crippen molar-refractivity contribution in [2.45, 2.75) is 45.4 Å². The van der Waals surface area contributed by atoms with Crippen LogP contribution in [0.4, 0.5) is 11.5 Å². The summed E-state index contributed by atoms with van der Waals surface area (Å²) in [6, 6.07) is 7.36. The number of hydrogen-bond acceptors (Lipinski definition) is 6. The van der Waals surface area contributed by atoms with Crippen molar-refractivity contribution in [1.29, 1.82) is 0 Å². The van der Waals surface area contributed by atoms with Crippen molar-refractivity contribution in [2.75, 3.05) is 11.9 Å². The highest BCUT2D eigenvalue weighted by Crippen LogP contribution is 2.38. The first kappa shape index (κ1) is 17.9. The largest absolute Gasteiger partial charge is 0.462 e. The quantitative estimate of drug-likeness (QED) is 0.465. The zero-order valence-corrected chi connectivity index (χ0v) is 16.3. The molecule has 0 saturated heterocycles. The van der Waals surface area contributed by atoms with E-state index >= 15 is 0 Å². The van der Waals surface area contributed by atoms with E-state index in [9.17, 15) is 4.79 Å². The summed E-state index contributed by atoms with van der Waals surface area (Å²) in [5.41, 5.74) is 2.87. The van der Waals surface area contributed by atoms with E-state index in [0.717, 1.165) is 47.4 Å². The average molecular weight is 382 g/mol. The summed E-state index contributed by atoms with van der Waals surface area (Å²) in [6.07, 6.45) is 8.24. The topological polar surface area (TPSA) is 64.1 Å². The zero-order chi connectivity index (χ0) is 18.6. The van der Waals surface area contributed by atoms with E-state index in [4.69, 9.17) is 4.74 Å². The van der Waals surface area contributed by atoms with Gasteiger partial charge in [-0.05, 0) is 61.9 Å². The lowest BCUT2D eigenvalue weighted by molar-refractivity contribution is 0.0500. The molecule has 2 heterocycles. The lowest BCUT2D eigenvalue weighted by Gasteiger charge is -2.12. The van der Waals surface area contributed by atoms with Crippen molar-refractivity contribution in [2.24, 2.45) is 0 Å². The molecular formula is C21H23N3O2S. The molecule has 0 amide bonds. The van der Waals surface area contributed by atoms with Crippen LogP contribution >= 0.6 is 11.3 Å². The van der Waals surface area contributed by atoms with Gasteiger partial charge in [-0.15, -0.1) is 11.3 Å². The summed E-state index contributed by atoms with van der Waals surface area (Å²) in [6.45, 7) is 2.54. The van der Waals surface area contributed by atoms with Gasteiger partial charge >= 0.3 is 5.97 Å². The van der Waals surface area contributed by atoms with Gasteiger partial charge in [-0.3, -0.25) is 0 Å². The van der Waals surface area contributed by atoms with Crippen molar-refractivity contribution in [3.8, 4) is 0 Å². The number of aryl methyl sites for hydroxylation is 2. The number of aromatic nitrogens is 2. The van der Waals surface area contributed by atoms with Crippen LogP contribution in [-0.4, -0.2) is 22.5 Å². The van der Waals surface area contributed by atoms with Gasteiger partial charge in [-0.2, -0.15) is 0 Å². The molecule has 3 aromatic rings. The Bertz CT molecular complexity index is 950. The molecule has 1 aliphatic rings. The van der Waals surface area contributed by atoms with E-state index < -0.39 is 0 Å². The first-order chi connectivity index (χ1) is 13.3. The molecule has 0 radical (unpaired) electrons. The van der Waals surface area contributed by atoms with E-state index in [1.807, 2.05) is 12.1 Å². The number of benzene rings is 1. The summed E-state index contributed by atoms with van der Waals surface area (Å²) >= 11 is 1.79. The van der Waals surface area contributed by atoms with Crippen molar-refractivity contribution in [3.63, 3.8) is 0 Å². The monoisotopic (exact) mass is 381 g/mol. The maximum absolute atomic E-state index is 12.0. The van der Waals surface area contributed by atoms with Gasteiger partial charge in [-0.25, -0.2) is 14.8 Å². The average Bonchev–Trinajstić information content (AvgIpc) is 3.08. The normalized spacial score (nSPS) is 13.4. The minimum Gasteiger partial charge on any atom is -0.462 e. The number of nitrogens with zero attached hydrogens (tertiary/aromatic N) is 2. The van der Waals surface area contributed by atoms with Crippen molar-refractivity contribution in [1.82, 2.24) is 9.97 Å². The third kappa shape index (κ3) is 3.81. The smallest absolute Gasteiger partial charge is 0.338 e. The molecule has 1 aromatic carbocycles. The van der Waals surface area contributed by atoms with Gasteiger partial charge in [0.15, 0.2) is 0 Å². The van der Waals surface area contributed by atoms with Gasteiger partial charge < -0.3 is 10.1 Å². The predicted octanol–water partition coefficient (Wildman–Crippen LogP) is 5.27. The van der Waals surface area contributed by atoms with Crippen LogP contribution in [0.2, 0.25) is 0 Å². The second kappa shape index (κ2) is 8.05. The number of rotatable bonds is 6. The van der Waals surface area contributed by atoms with E-state index in [1.165, 1.54) is 23.3 Å². The molecule has 0 spiro atoms. The Balaban J connectivity index is 1.54. The number of fused-ring (bicyclic) bond motifs is 3. The third-order valence-corrected chi connectivity index (χ3v) is 6.07. The highest BCUT2D eigenvalue weighted by molar-refractivity contribution is 7.19. The molecule has 0 aliphatic heterocycles. The Kier molecular flexibility index (Phi) is 5.34. The SMILES string of the molecule is CCCCOC(=O)c1ccc(Nc2ncnc3sc4c(c23)CCCC4)cc1. The highest BCUT2D eigenvalue weighted by Gasteiger charge is 2.20. The van der Waals surface area contributed by atoms with Crippen LogP contribution in [0.25, 0.3) is 10.2 Å². The van der Waals surface area contributed by atoms with Gasteiger partial charge in [0.05, 0.1) is 17.6 Å². The summed E-state index contributed by atoms with van der Waals surface area (Å²) in [7, 11) is 0. The number of ether oxygens (including phenoxy) is 1. The minimum absolute atomic E-state index is 0.272. The van der Waals surface area contributed by atoms with Gasteiger partial charge in [-0.1, -0.05) is 13.3 Å². The molecule has 1 aliphatic carbocycles. The number of anilines is 2. The van der Waals surface area contributed by atoms with Crippen LogP contribution < -0.4 is 5.32 Å². The lowest BCUT2D eigenvalue weighted by atomic mass is 9.97.